The molecule has 0 radical (unpaired) electrons. The van der Waals surface area contributed by atoms with Crippen molar-refractivity contribution in [3.8, 4) is 11.8 Å². The molecule has 0 aliphatic heterocycles. The first-order chi connectivity index (χ1) is 7.96. The van der Waals surface area contributed by atoms with E-state index in [1.807, 2.05) is 0 Å². The van der Waals surface area contributed by atoms with E-state index < -0.39 is 0 Å². The SMILES string of the molecule is Cc1ccc2c(ccn2CC#CC(C)(C)C)c1. The minimum absolute atomic E-state index is 0.0829. The average molecular weight is 225 g/mol. The molecule has 1 aromatic heterocycles. The molecule has 0 aliphatic carbocycles. The average Bonchev–Trinajstić information content (AvgIpc) is 2.59. The largest absolute Gasteiger partial charge is 0.336 e. The number of aromatic nitrogens is 1. The predicted octanol–water partition coefficient (Wildman–Crippen LogP) is 4.00. The van der Waals surface area contributed by atoms with Gasteiger partial charge in [-0.2, -0.15) is 0 Å². The fourth-order valence-electron chi connectivity index (χ4n) is 1.85. The van der Waals surface area contributed by atoms with E-state index in [-0.39, 0.29) is 5.41 Å². The van der Waals surface area contributed by atoms with E-state index in [1.165, 1.54) is 16.5 Å². The summed E-state index contributed by atoms with van der Waals surface area (Å²) < 4.78 is 2.20. The smallest absolute Gasteiger partial charge is 0.0837 e. The summed E-state index contributed by atoms with van der Waals surface area (Å²) in [6, 6.07) is 8.68. The summed E-state index contributed by atoms with van der Waals surface area (Å²) in [6.07, 6.45) is 2.11. The van der Waals surface area contributed by atoms with E-state index in [9.17, 15) is 0 Å². The fourth-order valence-corrected chi connectivity index (χ4v) is 1.85. The van der Waals surface area contributed by atoms with Gasteiger partial charge in [0.25, 0.3) is 0 Å². The molecule has 17 heavy (non-hydrogen) atoms. The van der Waals surface area contributed by atoms with E-state index >= 15 is 0 Å². The Balaban J connectivity index is 2.28. The van der Waals surface area contributed by atoms with Crippen LogP contribution in [0.1, 0.15) is 26.3 Å². The summed E-state index contributed by atoms with van der Waals surface area (Å²) >= 11 is 0. The lowest BCUT2D eigenvalue weighted by Gasteiger charge is -2.07. The molecule has 0 fully saturated rings. The second kappa shape index (κ2) is 4.30. The van der Waals surface area contributed by atoms with Crippen molar-refractivity contribution in [3.63, 3.8) is 0 Å². The monoisotopic (exact) mass is 225 g/mol. The van der Waals surface area contributed by atoms with Gasteiger partial charge in [-0.1, -0.05) is 23.5 Å². The lowest BCUT2D eigenvalue weighted by atomic mass is 9.98. The van der Waals surface area contributed by atoms with Crippen LogP contribution in [0.5, 0.6) is 0 Å². The lowest BCUT2D eigenvalue weighted by Crippen LogP contribution is -2.01. The molecule has 0 amide bonds. The summed E-state index contributed by atoms with van der Waals surface area (Å²) in [5.41, 5.74) is 2.65. The summed E-state index contributed by atoms with van der Waals surface area (Å²) in [5, 5.41) is 1.29. The third-order valence-corrected chi connectivity index (χ3v) is 2.64. The van der Waals surface area contributed by atoms with Crippen molar-refractivity contribution < 1.29 is 0 Å². The molecule has 2 aromatic rings. The first-order valence-corrected chi connectivity index (χ1v) is 6.01. The highest BCUT2D eigenvalue weighted by Crippen LogP contribution is 2.17. The van der Waals surface area contributed by atoms with Gasteiger partial charge in [-0.15, -0.1) is 0 Å². The van der Waals surface area contributed by atoms with Crippen molar-refractivity contribution in [2.24, 2.45) is 5.41 Å². The van der Waals surface area contributed by atoms with Crippen molar-refractivity contribution >= 4 is 10.9 Å². The topological polar surface area (TPSA) is 4.93 Å². The Bertz CT molecular complexity index is 585. The van der Waals surface area contributed by atoms with Gasteiger partial charge in [-0.3, -0.25) is 0 Å². The standard InChI is InChI=1S/C16H19N/c1-13-6-7-15-14(12-13)8-11-17(15)10-5-9-16(2,3)4/h6-8,11-12H,10H2,1-4H3. The molecule has 0 spiro atoms. The molecule has 0 aliphatic rings. The molecule has 0 unspecified atom stereocenters. The zero-order valence-electron chi connectivity index (χ0n) is 11.0. The molecular formula is C16H19N. The van der Waals surface area contributed by atoms with Crippen LogP contribution in [-0.4, -0.2) is 4.57 Å². The van der Waals surface area contributed by atoms with Crippen LogP contribution in [0.25, 0.3) is 10.9 Å². The minimum atomic E-state index is 0.0829. The van der Waals surface area contributed by atoms with E-state index in [0.29, 0.717) is 0 Å². The molecule has 0 saturated carbocycles. The molecule has 0 bridgehead atoms. The van der Waals surface area contributed by atoms with Gasteiger partial charge in [-0.25, -0.2) is 0 Å². The normalized spacial score (nSPS) is 11.3. The third kappa shape index (κ3) is 2.91. The number of nitrogens with zero attached hydrogens (tertiary/aromatic N) is 1. The van der Waals surface area contributed by atoms with Crippen molar-refractivity contribution in [2.45, 2.75) is 34.2 Å². The predicted molar refractivity (Wildman–Crippen MR) is 73.9 cm³/mol. The van der Waals surface area contributed by atoms with Gasteiger partial charge in [0.1, 0.15) is 0 Å². The van der Waals surface area contributed by atoms with Crippen LogP contribution in [0, 0.1) is 24.2 Å². The highest BCUT2D eigenvalue weighted by Gasteiger charge is 2.03. The second-order valence-electron chi connectivity index (χ2n) is 5.56. The highest BCUT2D eigenvalue weighted by atomic mass is 14.9. The van der Waals surface area contributed by atoms with Gasteiger partial charge >= 0.3 is 0 Å². The van der Waals surface area contributed by atoms with Crippen LogP contribution < -0.4 is 0 Å². The van der Waals surface area contributed by atoms with Gasteiger partial charge < -0.3 is 4.57 Å². The molecule has 1 heterocycles. The number of hydrogen-bond donors (Lipinski definition) is 0. The Morgan fingerprint density at radius 2 is 1.94 bits per heavy atom. The first kappa shape index (κ1) is 11.8. The molecule has 0 N–H and O–H groups in total. The maximum absolute atomic E-state index is 3.27. The Labute approximate surface area is 103 Å². The number of benzene rings is 1. The van der Waals surface area contributed by atoms with Gasteiger partial charge in [-0.05, 0) is 51.3 Å². The Hall–Kier alpha value is -1.68. The van der Waals surface area contributed by atoms with Crippen LogP contribution in [0.3, 0.4) is 0 Å². The highest BCUT2D eigenvalue weighted by molar-refractivity contribution is 5.80. The van der Waals surface area contributed by atoms with Crippen LogP contribution in [0.2, 0.25) is 0 Å². The van der Waals surface area contributed by atoms with Crippen molar-refractivity contribution in [1.82, 2.24) is 4.57 Å². The zero-order chi connectivity index (χ0) is 12.5. The van der Waals surface area contributed by atoms with Crippen molar-refractivity contribution in [3.05, 3.63) is 36.0 Å². The lowest BCUT2D eigenvalue weighted by molar-refractivity contribution is 0.569. The van der Waals surface area contributed by atoms with Crippen LogP contribution in [0.15, 0.2) is 30.5 Å². The molecule has 1 nitrogen and oxygen atoms in total. The maximum Gasteiger partial charge on any atom is 0.0837 e. The van der Waals surface area contributed by atoms with Gasteiger partial charge in [0.05, 0.1) is 6.54 Å². The van der Waals surface area contributed by atoms with Gasteiger partial charge in [0.15, 0.2) is 0 Å². The van der Waals surface area contributed by atoms with Crippen LogP contribution in [-0.2, 0) is 6.54 Å². The summed E-state index contributed by atoms with van der Waals surface area (Å²) in [5.74, 6) is 6.51. The van der Waals surface area contributed by atoms with Gasteiger partial charge in [0, 0.05) is 17.1 Å². The Morgan fingerprint density at radius 1 is 1.18 bits per heavy atom. The van der Waals surface area contributed by atoms with E-state index in [2.05, 4.69) is 74.6 Å². The first-order valence-electron chi connectivity index (χ1n) is 6.01. The number of rotatable bonds is 1. The molecule has 0 saturated heterocycles. The molecule has 1 heteroatoms. The molecule has 88 valence electrons. The fraction of sp³-hybridized carbons (Fsp3) is 0.375. The Kier molecular flexibility index (Phi) is 2.98. The van der Waals surface area contributed by atoms with Gasteiger partial charge in [0.2, 0.25) is 0 Å². The van der Waals surface area contributed by atoms with Crippen LogP contribution >= 0.6 is 0 Å². The summed E-state index contributed by atoms with van der Waals surface area (Å²) in [7, 11) is 0. The molecule has 2 rings (SSSR count). The Morgan fingerprint density at radius 3 is 2.65 bits per heavy atom. The zero-order valence-corrected chi connectivity index (χ0v) is 11.0. The molecule has 0 atom stereocenters. The number of fused-ring (bicyclic) bond motifs is 1. The van der Waals surface area contributed by atoms with E-state index in [1.54, 1.807) is 0 Å². The maximum atomic E-state index is 3.27. The number of hydrogen-bond acceptors (Lipinski definition) is 0. The second-order valence-corrected chi connectivity index (χ2v) is 5.56. The summed E-state index contributed by atoms with van der Waals surface area (Å²) in [4.78, 5) is 0. The summed E-state index contributed by atoms with van der Waals surface area (Å²) in [6.45, 7) is 9.30. The van der Waals surface area contributed by atoms with E-state index in [4.69, 9.17) is 0 Å². The molecular weight excluding hydrogens is 206 g/mol. The molecule has 1 aromatic carbocycles. The third-order valence-electron chi connectivity index (χ3n) is 2.64. The van der Waals surface area contributed by atoms with Crippen LogP contribution in [0.4, 0.5) is 0 Å². The van der Waals surface area contributed by atoms with Crippen molar-refractivity contribution in [1.29, 1.82) is 0 Å². The number of aryl methyl sites for hydroxylation is 1. The minimum Gasteiger partial charge on any atom is -0.336 e. The van der Waals surface area contributed by atoms with E-state index in [0.717, 1.165) is 6.54 Å². The quantitative estimate of drug-likeness (QED) is 0.646. The van der Waals surface area contributed by atoms with Crippen molar-refractivity contribution in [2.75, 3.05) is 0 Å².